The van der Waals surface area contributed by atoms with Crippen molar-refractivity contribution in [3.63, 3.8) is 0 Å². The minimum Gasteiger partial charge on any atom is -0.456 e. The number of para-hydroxylation sites is 1. The molecule has 7 aromatic carbocycles. The van der Waals surface area contributed by atoms with E-state index in [0.29, 0.717) is 17.5 Å². The molecule has 0 spiro atoms. The van der Waals surface area contributed by atoms with Gasteiger partial charge in [0.15, 0.2) is 17.5 Å². The van der Waals surface area contributed by atoms with Crippen LogP contribution >= 0.6 is 0 Å². The molecule has 3 aromatic heterocycles. The third-order valence-corrected chi connectivity index (χ3v) is 9.15. The van der Waals surface area contributed by atoms with E-state index in [0.717, 1.165) is 82.5 Å². The first kappa shape index (κ1) is 26.6. The summed E-state index contributed by atoms with van der Waals surface area (Å²) >= 11 is 0. The molecule has 0 fully saturated rings. The molecule has 0 amide bonds. The van der Waals surface area contributed by atoms with Gasteiger partial charge in [-0.15, -0.1) is 0 Å². The first-order chi connectivity index (χ1) is 23.8. The van der Waals surface area contributed by atoms with Crippen molar-refractivity contribution in [2.75, 3.05) is 0 Å². The molecule has 5 heteroatoms. The van der Waals surface area contributed by atoms with E-state index in [-0.39, 0.29) is 0 Å². The zero-order valence-corrected chi connectivity index (χ0v) is 25.6. The summed E-state index contributed by atoms with van der Waals surface area (Å²) in [6.07, 6.45) is 0. The normalized spacial score (nSPS) is 11.8. The summed E-state index contributed by atoms with van der Waals surface area (Å²) in [5, 5.41) is 6.40. The van der Waals surface area contributed by atoms with Gasteiger partial charge in [0.1, 0.15) is 22.3 Å². The number of rotatable bonds is 4. The smallest absolute Gasteiger partial charge is 0.164 e. The second kappa shape index (κ2) is 10.5. The van der Waals surface area contributed by atoms with E-state index in [9.17, 15) is 0 Å². The quantitative estimate of drug-likeness (QED) is 0.197. The average molecular weight is 616 g/mol. The molecule has 0 atom stereocenters. The van der Waals surface area contributed by atoms with E-state index in [1.165, 1.54) is 0 Å². The van der Waals surface area contributed by atoms with E-state index in [1.54, 1.807) is 0 Å². The van der Waals surface area contributed by atoms with E-state index in [4.69, 9.17) is 23.8 Å². The van der Waals surface area contributed by atoms with Crippen molar-refractivity contribution < 1.29 is 8.83 Å². The number of furan rings is 2. The summed E-state index contributed by atoms with van der Waals surface area (Å²) in [4.78, 5) is 15.2. The van der Waals surface area contributed by atoms with Crippen molar-refractivity contribution in [2.45, 2.75) is 0 Å². The number of fused-ring (bicyclic) bond motifs is 7. The van der Waals surface area contributed by atoms with Crippen LogP contribution in [0.25, 0.3) is 99.9 Å². The summed E-state index contributed by atoms with van der Waals surface area (Å²) in [6.45, 7) is 0. The van der Waals surface area contributed by atoms with Crippen LogP contribution < -0.4 is 0 Å². The molecule has 48 heavy (non-hydrogen) atoms. The van der Waals surface area contributed by atoms with Crippen LogP contribution in [0.5, 0.6) is 0 Å². The van der Waals surface area contributed by atoms with Crippen molar-refractivity contribution in [3.05, 3.63) is 152 Å². The first-order valence-corrected chi connectivity index (χ1v) is 15.9. The fourth-order valence-electron chi connectivity index (χ4n) is 6.95. The largest absolute Gasteiger partial charge is 0.456 e. The van der Waals surface area contributed by atoms with Crippen molar-refractivity contribution in [3.8, 4) is 45.3 Å². The fourth-order valence-corrected chi connectivity index (χ4v) is 6.95. The lowest BCUT2D eigenvalue weighted by Crippen LogP contribution is -2.00. The Morgan fingerprint density at radius 1 is 0.333 bits per heavy atom. The lowest BCUT2D eigenvalue weighted by atomic mass is 9.97. The van der Waals surface area contributed by atoms with Gasteiger partial charge < -0.3 is 8.83 Å². The van der Waals surface area contributed by atoms with Crippen LogP contribution in [-0.2, 0) is 0 Å². The van der Waals surface area contributed by atoms with E-state index in [2.05, 4.69) is 66.7 Å². The maximum absolute atomic E-state index is 6.55. The predicted molar refractivity (Wildman–Crippen MR) is 194 cm³/mol. The number of hydrogen-bond acceptors (Lipinski definition) is 5. The zero-order valence-electron chi connectivity index (χ0n) is 25.6. The Labute approximate surface area is 274 Å². The second-order valence-corrected chi connectivity index (χ2v) is 12.0. The molecule has 0 N–H and O–H groups in total. The Balaban J connectivity index is 1.19. The Hall–Kier alpha value is -6.59. The van der Waals surface area contributed by atoms with Gasteiger partial charge in [0, 0.05) is 38.2 Å². The molecule has 3 heterocycles. The summed E-state index contributed by atoms with van der Waals surface area (Å²) in [7, 11) is 0. The minimum atomic E-state index is 0.596. The van der Waals surface area contributed by atoms with Crippen molar-refractivity contribution in [1.82, 2.24) is 15.0 Å². The van der Waals surface area contributed by atoms with E-state index < -0.39 is 0 Å². The van der Waals surface area contributed by atoms with E-state index >= 15 is 0 Å². The summed E-state index contributed by atoms with van der Waals surface area (Å²) in [5.41, 5.74) is 8.27. The Morgan fingerprint density at radius 2 is 0.896 bits per heavy atom. The molecule has 10 rings (SSSR count). The first-order valence-electron chi connectivity index (χ1n) is 15.9. The van der Waals surface area contributed by atoms with Gasteiger partial charge in [0.05, 0.1) is 0 Å². The Bertz CT molecular complexity index is 2840. The van der Waals surface area contributed by atoms with Crippen LogP contribution in [0.3, 0.4) is 0 Å². The standard InChI is InChI=1S/C43H25N3O2/c1-2-12-27(13-3-1)41-44-42(31-18-8-14-26-11-4-5-15-29(26)31)46-43(45-41)34-19-10-22-37-40(34)33-24-23-28(25-38(33)48-37)30-17-9-21-36-39(30)32-16-6-7-20-35(32)47-36/h1-25H. The number of nitrogens with zero attached hydrogens (tertiary/aromatic N) is 3. The predicted octanol–water partition coefficient (Wildman–Crippen LogP) is 11.5. The lowest BCUT2D eigenvalue weighted by molar-refractivity contribution is 0.668. The van der Waals surface area contributed by atoms with Gasteiger partial charge in [-0.3, -0.25) is 0 Å². The van der Waals surface area contributed by atoms with Gasteiger partial charge >= 0.3 is 0 Å². The summed E-state index contributed by atoms with van der Waals surface area (Å²) in [5.74, 6) is 1.85. The molecule has 0 saturated carbocycles. The number of benzene rings is 7. The SMILES string of the molecule is c1ccc(-c2nc(-c3cccc4ccccc34)nc(-c3cccc4oc5cc(-c6cccc7oc8ccccc8c67)ccc5c34)n2)cc1. The maximum atomic E-state index is 6.55. The van der Waals surface area contributed by atoms with Gasteiger partial charge in [-0.25, -0.2) is 15.0 Å². The van der Waals surface area contributed by atoms with Crippen LogP contribution in [-0.4, -0.2) is 15.0 Å². The molecule has 5 nitrogen and oxygen atoms in total. The molecule has 0 saturated heterocycles. The molecule has 224 valence electrons. The minimum absolute atomic E-state index is 0.596. The molecule has 10 aromatic rings. The van der Waals surface area contributed by atoms with E-state index in [1.807, 2.05) is 84.9 Å². The average Bonchev–Trinajstić information content (AvgIpc) is 3.73. The number of aromatic nitrogens is 3. The third-order valence-electron chi connectivity index (χ3n) is 9.15. The van der Waals surface area contributed by atoms with Gasteiger partial charge in [-0.2, -0.15) is 0 Å². The van der Waals surface area contributed by atoms with Crippen LogP contribution in [0.2, 0.25) is 0 Å². The zero-order chi connectivity index (χ0) is 31.6. The maximum Gasteiger partial charge on any atom is 0.164 e. The Morgan fingerprint density at radius 3 is 1.75 bits per heavy atom. The van der Waals surface area contributed by atoms with Gasteiger partial charge in [0.25, 0.3) is 0 Å². The molecular weight excluding hydrogens is 590 g/mol. The number of hydrogen-bond donors (Lipinski definition) is 0. The highest BCUT2D eigenvalue weighted by molar-refractivity contribution is 6.15. The fraction of sp³-hybridized carbons (Fsp3) is 0. The third kappa shape index (κ3) is 4.15. The van der Waals surface area contributed by atoms with Gasteiger partial charge in [-0.05, 0) is 52.2 Å². The van der Waals surface area contributed by atoms with Crippen LogP contribution in [0.4, 0.5) is 0 Å². The summed E-state index contributed by atoms with van der Waals surface area (Å²) in [6, 6.07) is 51.5. The van der Waals surface area contributed by atoms with Crippen molar-refractivity contribution in [2.24, 2.45) is 0 Å². The monoisotopic (exact) mass is 615 g/mol. The van der Waals surface area contributed by atoms with Crippen molar-refractivity contribution in [1.29, 1.82) is 0 Å². The highest BCUT2D eigenvalue weighted by Gasteiger charge is 2.20. The lowest BCUT2D eigenvalue weighted by Gasteiger charge is -2.11. The molecule has 0 aliphatic carbocycles. The molecular formula is C43H25N3O2. The van der Waals surface area contributed by atoms with Crippen LogP contribution in [0.15, 0.2) is 160 Å². The topological polar surface area (TPSA) is 65.0 Å². The summed E-state index contributed by atoms with van der Waals surface area (Å²) < 4.78 is 12.7. The molecule has 0 unspecified atom stereocenters. The Kier molecular flexibility index (Phi) is 5.81. The molecule has 0 bridgehead atoms. The van der Waals surface area contributed by atoms with Crippen LogP contribution in [0.1, 0.15) is 0 Å². The highest BCUT2D eigenvalue weighted by Crippen LogP contribution is 2.41. The molecule has 0 radical (unpaired) electrons. The second-order valence-electron chi connectivity index (χ2n) is 12.0. The van der Waals surface area contributed by atoms with Gasteiger partial charge in [0.2, 0.25) is 0 Å². The highest BCUT2D eigenvalue weighted by atomic mass is 16.3. The van der Waals surface area contributed by atoms with Crippen LogP contribution in [0, 0.1) is 0 Å². The molecule has 0 aliphatic rings. The van der Waals surface area contributed by atoms with Crippen molar-refractivity contribution >= 4 is 54.6 Å². The van der Waals surface area contributed by atoms with Gasteiger partial charge in [-0.1, -0.05) is 121 Å². The molecule has 0 aliphatic heterocycles.